The lowest BCUT2D eigenvalue weighted by molar-refractivity contribution is -0.116. The van der Waals surface area contributed by atoms with Gasteiger partial charge in [-0.15, -0.1) is 0 Å². The number of carbonyl (C=O) groups is 2. The number of esters is 1. The normalized spacial score (nSPS) is 11.2. The first-order valence-electron chi connectivity index (χ1n) is 9.69. The molecule has 0 bridgehead atoms. The molecule has 1 aromatic carbocycles. The number of hydrogen-bond donors (Lipinski definition) is 2. The van der Waals surface area contributed by atoms with Gasteiger partial charge in [-0.3, -0.25) is 14.6 Å². The van der Waals surface area contributed by atoms with Crippen molar-refractivity contribution in [1.29, 1.82) is 0 Å². The number of aryl methyl sites for hydroxylation is 1. The molecule has 0 fully saturated rings. The lowest BCUT2D eigenvalue weighted by atomic mass is 10.1. The number of aromatic nitrogens is 4. The van der Waals surface area contributed by atoms with Crippen LogP contribution in [0.2, 0.25) is 0 Å². The standard InChI is InChI=1S/C21H27N5O3/c1-12(2)11-26-14(4)16(13(3)25-26)7-9-19(27)22-15-6-8-18-17(10-15)20(24-23-18)21(28)29-5/h6,8,10,12H,7,9,11H2,1-5H3,(H,22,27)(H,23,24). The summed E-state index contributed by atoms with van der Waals surface area (Å²) in [5.41, 5.74) is 4.72. The Morgan fingerprint density at radius 3 is 2.72 bits per heavy atom. The van der Waals surface area contributed by atoms with Crippen molar-refractivity contribution in [2.45, 2.75) is 47.1 Å². The van der Waals surface area contributed by atoms with E-state index in [2.05, 4.69) is 41.4 Å². The van der Waals surface area contributed by atoms with Crippen LogP contribution < -0.4 is 5.32 Å². The van der Waals surface area contributed by atoms with Gasteiger partial charge in [0.15, 0.2) is 5.69 Å². The number of rotatable bonds is 7. The fourth-order valence-electron chi connectivity index (χ4n) is 3.43. The van der Waals surface area contributed by atoms with Gasteiger partial charge in [-0.1, -0.05) is 13.8 Å². The lowest BCUT2D eigenvalue weighted by Gasteiger charge is -2.08. The zero-order valence-electron chi connectivity index (χ0n) is 17.5. The molecule has 3 rings (SSSR count). The molecule has 8 nitrogen and oxygen atoms in total. The zero-order chi connectivity index (χ0) is 21.1. The van der Waals surface area contributed by atoms with Gasteiger partial charge in [0.1, 0.15) is 0 Å². The molecule has 0 unspecified atom stereocenters. The van der Waals surface area contributed by atoms with Gasteiger partial charge in [0, 0.05) is 29.7 Å². The Hall–Kier alpha value is -3.16. The van der Waals surface area contributed by atoms with Gasteiger partial charge in [0.25, 0.3) is 0 Å². The second kappa shape index (κ2) is 8.46. The Morgan fingerprint density at radius 2 is 2.03 bits per heavy atom. The maximum atomic E-state index is 12.5. The van der Waals surface area contributed by atoms with Crippen LogP contribution in [-0.2, 0) is 22.5 Å². The molecule has 1 amide bonds. The molecule has 29 heavy (non-hydrogen) atoms. The number of nitrogens with zero attached hydrogens (tertiary/aromatic N) is 3. The van der Waals surface area contributed by atoms with E-state index in [9.17, 15) is 9.59 Å². The van der Waals surface area contributed by atoms with Gasteiger partial charge in [-0.2, -0.15) is 10.2 Å². The van der Waals surface area contributed by atoms with Crippen molar-refractivity contribution < 1.29 is 14.3 Å². The van der Waals surface area contributed by atoms with E-state index in [1.165, 1.54) is 7.11 Å². The van der Waals surface area contributed by atoms with Crippen molar-refractivity contribution in [3.05, 3.63) is 40.8 Å². The SMILES string of the molecule is COC(=O)c1n[nH]c2ccc(NC(=O)CCc3c(C)nn(CC(C)C)c3C)cc12. The van der Waals surface area contributed by atoms with Gasteiger partial charge in [-0.05, 0) is 49.9 Å². The molecule has 0 aliphatic carbocycles. The quantitative estimate of drug-likeness (QED) is 0.595. The zero-order valence-corrected chi connectivity index (χ0v) is 17.5. The lowest BCUT2D eigenvalue weighted by Crippen LogP contribution is -2.13. The summed E-state index contributed by atoms with van der Waals surface area (Å²) in [6, 6.07) is 5.27. The molecular formula is C21H27N5O3. The Bertz CT molecular complexity index is 1050. The third-order valence-corrected chi connectivity index (χ3v) is 4.90. The summed E-state index contributed by atoms with van der Waals surface area (Å²) in [5.74, 6) is -0.108. The maximum absolute atomic E-state index is 12.5. The van der Waals surface area contributed by atoms with Crippen molar-refractivity contribution in [1.82, 2.24) is 20.0 Å². The van der Waals surface area contributed by atoms with Gasteiger partial charge in [0.05, 0.1) is 18.3 Å². The first-order chi connectivity index (χ1) is 13.8. The molecule has 2 N–H and O–H groups in total. The summed E-state index contributed by atoms with van der Waals surface area (Å²) < 4.78 is 6.77. The van der Waals surface area contributed by atoms with Crippen molar-refractivity contribution in [3.63, 3.8) is 0 Å². The highest BCUT2D eigenvalue weighted by Gasteiger charge is 2.16. The predicted molar refractivity (Wildman–Crippen MR) is 111 cm³/mol. The minimum atomic E-state index is -0.524. The van der Waals surface area contributed by atoms with Crippen LogP contribution in [0.15, 0.2) is 18.2 Å². The smallest absolute Gasteiger partial charge is 0.359 e. The molecule has 2 aromatic heterocycles. The molecule has 0 saturated heterocycles. The molecule has 154 valence electrons. The molecule has 0 atom stereocenters. The molecule has 0 aliphatic rings. The van der Waals surface area contributed by atoms with E-state index in [4.69, 9.17) is 4.74 Å². The van der Waals surface area contributed by atoms with E-state index in [1.807, 2.05) is 11.6 Å². The van der Waals surface area contributed by atoms with E-state index in [0.29, 0.717) is 35.3 Å². The van der Waals surface area contributed by atoms with Gasteiger partial charge in [-0.25, -0.2) is 4.79 Å². The summed E-state index contributed by atoms with van der Waals surface area (Å²) in [6.45, 7) is 9.22. The van der Waals surface area contributed by atoms with Crippen LogP contribution in [0.25, 0.3) is 10.9 Å². The van der Waals surface area contributed by atoms with Crippen molar-refractivity contribution in [3.8, 4) is 0 Å². The summed E-state index contributed by atoms with van der Waals surface area (Å²) in [5, 5.41) is 14.9. The molecule has 0 spiro atoms. The summed E-state index contributed by atoms with van der Waals surface area (Å²) in [4.78, 5) is 24.3. The number of amides is 1. The number of fused-ring (bicyclic) bond motifs is 1. The third-order valence-electron chi connectivity index (χ3n) is 4.90. The number of ether oxygens (including phenoxy) is 1. The molecule has 2 heterocycles. The van der Waals surface area contributed by atoms with Crippen molar-refractivity contribution >= 4 is 28.5 Å². The average molecular weight is 397 g/mol. The highest BCUT2D eigenvalue weighted by atomic mass is 16.5. The van der Waals surface area contributed by atoms with Crippen LogP contribution in [0.3, 0.4) is 0 Å². The Labute approximate surface area is 169 Å². The minimum absolute atomic E-state index is 0.0946. The van der Waals surface area contributed by atoms with Crippen molar-refractivity contribution in [2.24, 2.45) is 5.92 Å². The summed E-state index contributed by atoms with van der Waals surface area (Å²) in [7, 11) is 1.31. The van der Waals surface area contributed by atoms with Crippen LogP contribution in [0, 0.1) is 19.8 Å². The molecule has 0 radical (unpaired) electrons. The monoisotopic (exact) mass is 397 g/mol. The van der Waals surface area contributed by atoms with E-state index in [1.54, 1.807) is 18.2 Å². The van der Waals surface area contributed by atoms with Gasteiger partial charge >= 0.3 is 5.97 Å². The fourth-order valence-corrected chi connectivity index (χ4v) is 3.43. The number of H-pyrrole nitrogens is 1. The van der Waals surface area contributed by atoms with E-state index in [-0.39, 0.29) is 11.6 Å². The topological polar surface area (TPSA) is 102 Å². The van der Waals surface area contributed by atoms with Crippen molar-refractivity contribution in [2.75, 3.05) is 12.4 Å². The number of benzene rings is 1. The second-order valence-corrected chi connectivity index (χ2v) is 7.60. The summed E-state index contributed by atoms with van der Waals surface area (Å²) >= 11 is 0. The van der Waals surface area contributed by atoms with E-state index < -0.39 is 5.97 Å². The molecule has 0 aliphatic heterocycles. The van der Waals surface area contributed by atoms with Crippen LogP contribution in [0.1, 0.15) is 47.7 Å². The second-order valence-electron chi connectivity index (χ2n) is 7.60. The Morgan fingerprint density at radius 1 is 1.28 bits per heavy atom. The number of methoxy groups -OCH3 is 1. The van der Waals surface area contributed by atoms with Crippen LogP contribution in [-0.4, -0.2) is 39.0 Å². The van der Waals surface area contributed by atoms with Crippen LogP contribution in [0.5, 0.6) is 0 Å². The predicted octanol–water partition coefficient (Wildman–Crippen LogP) is 3.39. The van der Waals surface area contributed by atoms with Gasteiger partial charge < -0.3 is 10.1 Å². The first kappa shape index (κ1) is 20.6. The Balaban J connectivity index is 1.68. The largest absolute Gasteiger partial charge is 0.464 e. The Kier molecular flexibility index (Phi) is 6.00. The number of anilines is 1. The molecular weight excluding hydrogens is 370 g/mol. The number of nitrogens with one attached hydrogen (secondary N) is 2. The number of hydrogen-bond acceptors (Lipinski definition) is 5. The van der Waals surface area contributed by atoms with Crippen LogP contribution >= 0.6 is 0 Å². The van der Waals surface area contributed by atoms with E-state index >= 15 is 0 Å². The number of aromatic amines is 1. The molecule has 3 aromatic rings. The molecule has 0 saturated carbocycles. The summed E-state index contributed by atoms with van der Waals surface area (Å²) in [6.07, 6.45) is 0.977. The van der Waals surface area contributed by atoms with E-state index in [0.717, 1.165) is 23.5 Å². The molecule has 8 heteroatoms. The third kappa shape index (κ3) is 4.47. The van der Waals surface area contributed by atoms with Gasteiger partial charge in [0.2, 0.25) is 5.91 Å². The maximum Gasteiger partial charge on any atom is 0.359 e. The minimum Gasteiger partial charge on any atom is -0.464 e. The fraction of sp³-hybridized carbons (Fsp3) is 0.429. The highest BCUT2D eigenvalue weighted by molar-refractivity contribution is 6.03. The first-order valence-corrected chi connectivity index (χ1v) is 9.69. The highest BCUT2D eigenvalue weighted by Crippen LogP contribution is 2.22. The average Bonchev–Trinajstić information content (AvgIpc) is 3.20. The van der Waals surface area contributed by atoms with Crippen LogP contribution in [0.4, 0.5) is 5.69 Å². The number of carbonyl (C=O) groups excluding carboxylic acids is 2.